The fraction of sp³-hybridized carbons (Fsp3) is 0.357. The molecular weight excluding hydrogens is 353 g/mol. The second-order valence-corrected chi connectivity index (χ2v) is 5.42. The maximum atomic E-state index is 13.1. The van der Waals surface area contributed by atoms with Crippen LogP contribution in [0.3, 0.4) is 0 Å². The Hall–Kier alpha value is -1.50. The van der Waals surface area contributed by atoms with E-state index in [1.54, 1.807) is 19.1 Å². The van der Waals surface area contributed by atoms with Crippen LogP contribution in [-0.2, 0) is 9.53 Å². The van der Waals surface area contributed by atoms with E-state index < -0.39 is 23.8 Å². The molecular formula is C14H12BrF3O3. The molecule has 1 aromatic rings. The molecule has 1 aliphatic heterocycles. The number of hydrogen-bond acceptors (Lipinski definition) is 3. The summed E-state index contributed by atoms with van der Waals surface area (Å²) in [4.78, 5) is 11.8. The summed E-state index contributed by atoms with van der Waals surface area (Å²) < 4.78 is 49.8. The van der Waals surface area contributed by atoms with Gasteiger partial charge in [0.05, 0.1) is 12.2 Å². The first-order valence-corrected chi connectivity index (χ1v) is 6.95. The molecule has 0 radical (unpaired) electrons. The first-order chi connectivity index (χ1) is 9.74. The fourth-order valence-electron chi connectivity index (χ4n) is 2.07. The van der Waals surface area contributed by atoms with Gasteiger partial charge in [0.1, 0.15) is 5.75 Å². The highest BCUT2D eigenvalue weighted by Gasteiger charge is 2.49. The predicted octanol–water partition coefficient (Wildman–Crippen LogP) is 4.03. The molecule has 0 N–H and O–H groups in total. The van der Waals surface area contributed by atoms with E-state index in [2.05, 4.69) is 20.7 Å². The third-order valence-corrected chi connectivity index (χ3v) is 3.36. The number of alkyl halides is 3. The molecule has 114 valence electrons. The van der Waals surface area contributed by atoms with E-state index in [0.29, 0.717) is 15.6 Å². The lowest BCUT2D eigenvalue weighted by Gasteiger charge is -2.28. The van der Waals surface area contributed by atoms with Gasteiger partial charge in [-0.2, -0.15) is 13.2 Å². The van der Waals surface area contributed by atoms with Gasteiger partial charge < -0.3 is 9.47 Å². The van der Waals surface area contributed by atoms with Crippen LogP contribution in [0.4, 0.5) is 13.2 Å². The Morgan fingerprint density at radius 3 is 2.67 bits per heavy atom. The third-order valence-electron chi connectivity index (χ3n) is 2.91. The number of carbonyl (C=O) groups excluding carboxylic acids is 1. The maximum absolute atomic E-state index is 13.1. The second kappa shape index (κ2) is 5.71. The zero-order valence-corrected chi connectivity index (χ0v) is 12.8. The Bertz CT molecular complexity index is 608. The van der Waals surface area contributed by atoms with E-state index in [1.807, 2.05) is 0 Å². The smallest absolute Gasteiger partial charge is 0.430 e. The number of benzene rings is 1. The Morgan fingerprint density at radius 2 is 2.10 bits per heavy atom. The van der Waals surface area contributed by atoms with Gasteiger partial charge in [-0.25, -0.2) is 4.79 Å². The van der Waals surface area contributed by atoms with E-state index in [1.165, 1.54) is 13.0 Å². The molecule has 0 bridgehead atoms. The highest BCUT2D eigenvalue weighted by molar-refractivity contribution is 9.10. The minimum atomic E-state index is -4.70. The van der Waals surface area contributed by atoms with Gasteiger partial charge in [0.15, 0.2) is 0 Å². The molecule has 0 aromatic heterocycles. The number of esters is 1. The summed E-state index contributed by atoms with van der Waals surface area (Å²) in [6, 6.07) is 3.24. The first kappa shape index (κ1) is 15.9. The summed E-state index contributed by atoms with van der Waals surface area (Å²) in [6.45, 7) is 3.16. The summed E-state index contributed by atoms with van der Waals surface area (Å²) in [6.07, 6.45) is -5.84. The molecule has 0 fully saturated rings. The van der Waals surface area contributed by atoms with Crippen LogP contribution in [-0.4, -0.2) is 24.9 Å². The van der Waals surface area contributed by atoms with Crippen LogP contribution in [0.5, 0.6) is 5.75 Å². The molecule has 3 nitrogen and oxygen atoms in total. The summed E-state index contributed by atoms with van der Waals surface area (Å²) in [7, 11) is 0. The Morgan fingerprint density at radius 1 is 1.43 bits per heavy atom. The highest BCUT2D eigenvalue weighted by Crippen LogP contribution is 2.40. The number of halogens is 4. The second-order valence-electron chi connectivity index (χ2n) is 4.50. The highest BCUT2D eigenvalue weighted by atomic mass is 79.9. The molecule has 0 spiro atoms. The lowest BCUT2D eigenvalue weighted by molar-refractivity contribution is -0.188. The van der Waals surface area contributed by atoms with Gasteiger partial charge in [-0.3, -0.25) is 0 Å². The molecule has 1 unspecified atom stereocenters. The predicted molar refractivity (Wildman–Crippen MR) is 74.0 cm³/mol. The molecule has 0 saturated carbocycles. The zero-order chi connectivity index (χ0) is 15.8. The number of carbonyl (C=O) groups is 1. The number of ether oxygens (including phenoxy) is 2. The molecule has 0 aliphatic carbocycles. The van der Waals surface area contributed by atoms with Crippen molar-refractivity contribution in [2.75, 3.05) is 6.61 Å². The summed E-state index contributed by atoms with van der Waals surface area (Å²) >= 11 is 3.26. The minimum absolute atomic E-state index is 0.00881. The van der Waals surface area contributed by atoms with E-state index in [-0.39, 0.29) is 12.4 Å². The van der Waals surface area contributed by atoms with Crippen LogP contribution >= 0.6 is 15.9 Å². The minimum Gasteiger partial charge on any atom is -0.475 e. The van der Waals surface area contributed by atoms with Gasteiger partial charge in [-0.15, -0.1) is 0 Å². The molecule has 2 rings (SSSR count). The number of aryl methyl sites for hydroxylation is 1. The fourth-order valence-corrected chi connectivity index (χ4v) is 2.66. The van der Waals surface area contributed by atoms with Gasteiger partial charge in [0.2, 0.25) is 6.10 Å². The van der Waals surface area contributed by atoms with Crippen molar-refractivity contribution >= 4 is 28.0 Å². The van der Waals surface area contributed by atoms with Gasteiger partial charge in [0.25, 0.3) is 0 Å². The van der Waals surface area contributed by atoms with Crippen LogP contribution < -0.4 is 4.74 Å². The van der Waals surface area contributed by atoms with Crippen molar-refractivity contribution in [3.63, 3.8) is 0 Å². The van der Waals surface area contributed by atoms with Crippen molar-refractivity contribution in [2.24, 2.45) is 0 Å². The lowest BCUT2D eigenvalue weighted by atomic mass is 9.99. The Labute approximate surface area is 127 Å². The average molecular weight is 365 g/mol. The van der Waals surface area contributed by atoms with Crippen molar-refractivity contribution in [2.45, 2.75) is 26.1 Å². The van der Waals surface area contributed by atoms with E-state index in [0.717, 1.165) is 0 Å². The molecule has 0 amide bonds. The van der Waals surface area contributed by atoms with Crippen LogP contribution in [0.25, 0.3) is 6.08 Å². The first-order valence-electron chi connectivity index (χ1n) is 6.16. The molecule has 1 aliphatic rings. The summed E-state index contributed by atoms with van der Waals surface area (Å²) in [5.41, 5.74) is 0.410. The van der Waals surface area contributed by atoms with E-state index in [4.69, 9.17) is 4.74 Å². The van der Waals surface area contributed by atoms with Crippen LogP contribution in [0, 0.1) is 6.92 Å². The third kappa shape index (κ3) is 3.23. The summed E-state index contributed by atoms with van der Waals surface area (Å²) in [5.74, 6) is -0.906. The standard InChI is InChI=1S/C14H12BrF3O3/c1-3-20-13(19)10-6-8-5-9(15)4-7(2)11(8)21-12(10)14(16,17)18/h4-6,12H,3H2,1-2H3. The number of fused-ring (bicyclic) bond motifs is 1. The van der Waals surface area contributed by atoms with Gasteiger partial charge in [-0.05, 0) is 37.6 Å². The average Bonchev–Trinajstić information content (AvgIpc) is 2.36. The quantitative estimate of drug-likeness (QED) is 0.743. The lowest BCUT2D eigenvalue weighted by Crippen LogP contribution is -2.41. The van der Waals surface area contributed by atoms with Gasteiger partial charge in [0, 0.05) is 10.0 Å². The van der Waals surface area contributed by atoms with Crippen molar-refractivity contribution in [1.29, 1.82) is 0 Å². The molecule has 1 atom stereocenters. The monoisotopic (exact) mass is 364 g/mol. The van der Waals surface area contributed by atoms with Crippen LogP contribution in [0.15, 0.2) is 22.2 Å². The van der Waals surface area contributed by atoms with E-state index >= 15 is 0 Å². The van der Waals surface area contributed by atoms with E-state index in [9.17, 15) is 18.0 Å². The zero-order valence-electron chi connectivity index (χ0n) is 11.3. The van der Waals surface area contributed by atoms with Crippen molar-refractivity contribution in [3.8, 4) is 5.75 Å². The molecule has 1 heterocycles. The molecule has 7 heteroatoms. The summed E-state index contributed by atoms with van der Waals surface area (Å²) in [5, 5.41) is 0. The number of hydrogen-bond donors (Lipinski definition) is 0. The Kier molecular flexibility index (Phi) is 4.32. The van der Waals surface area contributed by atoms with Crippen molar-refractivity contribution in [3.05, 3.63) is 33.3 Å². The molecule has 1 aromatic carbocycles. The Balaban J connectivity index is 2.55. The van der Waals surface area contributed by atoms with Crippen LogP contribution in [0.1, 0.15) is 18.1 Å². The topological polar surface area (TPSA) is 35.5 Å². The largest absolute Gasteiger partial charge is 0.475 e. The molecule has 0 saturated heterocycles. The van der Waals surface area contributed by atoms with Crippen molar-refractivity contribution in [1.82, 2.24) is 0 Å². The SMILES string of the molecule is CCOC(=O)C1=Cc2cc(Br)cc(C)c2OC1C(F)(F)F. The normalized spacial score (nSPS) is 17.6. The number of rotatable bonds is 2. The van der Waals surface area contributed by atoms with Crippen LogP contribution in [0.2, 0.25) is 0 Å². The maximum Gasteiger partial charge on any atom is 0.430 e. The van der Waals surface area contributed by atoms with Crippen molar-refractivity contribution < 1.29 is 27.4 Å². The van der Waals surface area contributed by atoms with Gasteiger partial charge >= 0.3 is 12.1 Å². The van der Waals surface area contributed by atoms with Gasteiger partial charge in [-0.1, -0.05) is 15.9 Å². The molecule has 21 heavy (non-hydrogen) atoms.